The van der Waals surface area contributed by atoms with Gasteiger partial charge in [-0.05, 0) is 66.1 Å². The van der Waals surface area contributed by atoms with Gasteiger partial charge in [0.15, 0.2) is 0 Å². The van der Waals surface area contributed by atoms with E-state index in [2.05, 4.69) is 69.6 Å². The van der Waals surface area contributed by atoms with Crippen LogP contribution in [0.15, 0.2) is 77.8 Å². The minimum atomic E-state index is 0.363. The first-order chi connectivity index (χ1) is 13.4. The van der Waals surface area contributed by atoms with E-state index >= 15 is 0 Å². The van der Waals surface area contributed by atoms with Crippen molar-refractivity contribution in [1.29, 1.82) is 0 Å². The van der Waals surface area contributed by atoms with Crippen LogP contribution in [-0.4, -0.2) is 4.98 Å². The van der Waals surface area contributed by atoms with E-state index in [1.54, 1.807) is 11.9 Å². The molecule has 0 saturated heterocycles. The Hall–Kier alpha value is -2.14. The van der Waals surface area contributed by atoms with Gasteiger partial charge in [-0.1, -0.05) is 48.5 Å². The van der Waals surface area contributed by atoms with Crippen LogP contribution in [0.5, 0.6) is 0 Å². The number of aryl methyl sites for hydroxylation is 1. The Morgan fingerprint density at radius 3 is 2.74 bits per heavy atom. The molecule has 0 bridgehead atoms. The first kappa shape index (κ1) is 18.2. The molecule has 2 N–H and O–H groups in total. The number of aromatic nitrogens is 1. The molecular formula is C23H25N3S. The summed E-state index contributed by atoms with van der Waals surface area (Å²) >= 11 is 1.69. The monoisotopic (exact) mass is 375 g/mol. The number of hydrogen-bond donors (Lipinski definition) is 2. The quantitative estimate of drug-likeness (QED) is 0.567. The Morgan fingerprint density at radius 1 is 0.926 bits per heavy atom. The van der Waals surface area contributed by atoms with E-state index in [0.29, 0.717) is 6.04 Å². The summed E-state index contributed by atoms with van der Waals surface area (Å²) in [5.74, 6) is 0. The average molecular weight is 376 g/mol. The second-order valence-corrected chi connectivity index (χ2v) is 7.89. The minimum absolute atomic E-state index is 0.363. The third-order valence-corrected chi connectivity index (χ3v) is 5.73. The number of pyridine rings is 1. The molecule has 4 rings (SSSR count). The Morgan fingerprint density at radius 2 is 1.81 bits per heavy atom. The van der Waals surface area contributed by atoms with Crippen molar-refractivity contribution in [3.8, 4) is 0 Å². The molecule has 2 aromatic carbocycles. The Bertz CT molecular complexity index is 866. The van der Waals surface area contributed by atoms with Gasteiger partial charge in [-0.2, -0.15) is 0 Å². The van der Waals surface area contributed by atoms with Gasteiger partial charge in [0.25, 0.3) is 0 Å². The normalized spacial score (nSPS) is 16.1. The number of benzene rings is 2. The molecule has 0 fully saturated rings. The van der Waals surface area contributed by atoms with Gasteiger partial charge in [0.1, 0.15) is 0 Å². The molecule has 3 aromatic rings. The second-order valence-electron chi connectivity index (χ2n) is 6.93. The second kappa shape index (κ2) is 9.18. The molecule has 1 unspecified atom stereocenters. The van der Waals surface area contributed by atoms with Crippen LogP contribution in [0, 0.1) is 0 Å². The first-order valence-electron chi connectivity index (χ1n) is 9.58. The number of rotatable bonds is 7. The number of hydrogen-bond acceptors (Lipinski definition) is 4. The van der Waals surface area contributed by atoms with Crippen LogP contribution in [-0.2, 0) is 19.5 Å². The Kier molecular flexibility index (Phi) is 6.20. The number of nitrogens with zero attached hydrogens (tertiary/aromatic N) is 1. The van der Waals surface area contributed by atoms with Gasteiger partial charge in [0.05, 0.1) is 11.7 Å². The van der Waals surface area contributed by atoms with Crippen molar-refractivity contribution >= 4 is 11.9 Å². The van der Waals surface area contributed by atoms with Gasteiger partial charge in [0.2, 0.25) is 0 Å². The van der Waals surface area contributed by atoms with E-state index in [-0.39, 0.29) is 0 Å². The van der Waals surface area contributed by atoms with E-state index in [9.17, 15) is 0 Å². The summed E-state index contributed by atoms with van der Waals surface area (Å²) in [7, 11) is 0. The van der Waals surface area contributed by atoms with Crippen molar-refractivity contribution in [3.05, 3.63) is 95.3 Å². The highest BCUT2D eigenvalue weighted by Crippen LogP contribution is 2.28. The summed E-state index contributed by atoms with van der Waals surface area (Å²) in [5, 5.41) is 3.71. The maximum absolute atomic E-state index is 4.62. The van der Waals surface area contributed by atoms with Gasteiger partial charge < -0.3 is 5.32 Å². The average Bonchev–Trinajstić information content (AvgIpc) is 2.73. The van der Waals surface area contributed by atoms with E-state index in [1.165, 1.54) is 33.7 Å². The van der Waals surface area contributed by atoms with Gasteiger partial charge in [-0.15, -0.1) is 0 Å². The van der Waals surface area contributed by atoms with E-state index in [4.69, 9.17) is 0 Å². The smallest absolute Gasteiger partial charge is 0.0605 e. The van der Waals surface area contributed by atoms with Crippen LogP contribution in [0.1, 0.15) is 41.3 Å². The van der Waals surface area contributed by atoms with Crippen LogP contribution >= 0.6 is 11.9 Å². The predicted molar refractivity (Wildman–Crippen MR) is 112 cm³/mol. The zero-order chi connectivity index (χ0) is 18.3. The standard InChI is InChI=1S/C23H25N3S/c1-2-7-18(8-3-1)17-26-27-21-12-4-9-19(15-21)16-25-22-13-5-10-20-11-6-14-24-23(20)22/h1-4,6-9,11-12,14-15,22,25-26H,5,10,13,16-17H2. The summed E-state index contributed by atoms with van der Waals surface area (Å²) in [6, 6.07) is 23.9. The lowest BCUT2D eigenvalue weighted by molar-refractivity contribution is 0.447. The lowest BCUT2D eigenvalue weighted by Gasteiger charge is -2.25. The molecule has 27 heavy (non-hydrogen) atoms. The summed E-state index contributed by atoms with van der Waals surface area (Å²) in [6.45, 7) is 1.73. The summed E-state index contributed by atoms with van der Waals surface area (Å²) in [6.07, 6.45) is 5.46. The molecule has 1 atom stereocenters. The van der Waals surface area contributed by atoms with Gasteiger partial charge in [-0.3, -0.25) is 9.71 Å². The highest BCUT2D eigenvalue weighted by molar-refractivity contribution is 7.97. The van der Waals surface area contributed by atoms with Crippen molar-refractivity contribution in [3.63, 3.8) is 0 Å². The first-order valence-corrected chi connectivity index (χ1v) is 10.4. The summed E-state index contributed by atoms with van der Waals surface area (Å²) < 4.78 is 3.45. The van der Waals surface area contributed by atoms with Crippen LogP contribution in [0.3, 0.4) is 0 Å². The lowest BCUT2D eigenvalue weighted by Crippen LogP contribution is -2.25. The molecule has 0 radical (unpaired) electrons. The molecule has 1 aliphatic carbocycles. The Labute approximate surface area is 165 Å². The third kappa shape index (κ3) is 4.98. The molecular weight excluding hydrogens is 350 g/mol. The lowest BCUT2D eigenvalue weighted by atomic mass is 9.92. The molecule has 0 aliphatic heterocycles. The largest absolute Gasteiger partial charge is 0.305 e. The molecule has 1 heterocycles. The van der Waals surface area contributed by atoms with Crippen molar-refractivity contribution < 1.29 is 0 Å². The molecule has 3 nitrogen and oxygen atoms in total. The van der Waals surface area contributed by atoms with Crippen LogP contribution in [0.2, 0.25) is 0 Å². The molecule has 0 saturated carbocycles. The van der Waals surface area contributed by atoms with Gasteiger partial charge in [-0.25, -0.2) is 0 Å². The molecule has 138 valence electrons. The zero-order valence-corrected chi connectivity index (χ0v) is 16.2. The van der Waals surface area contributed by atoms with Crippen molar-refractivity contribution in [2.24, 2.45) is 0 Å². The van der Waals surface area contributed by atoms with E-state index < -0.39 is 0 Å². The maximum atomic E-state index is 4.62. The van der Waals surface area contributed by atoms with Crippen LogP contribution < -0.4 is 10.0 Å². The van der Waals surface area contributed by atoms with Crippen LogP contribution in [0.4, 0.5) is 0 Å². The van der Waals surface area contributed by atoms with E-state index in [0.717, 1.165) is 25.9 Å². The molecule has 0 spiro atoms. The topological polar surface area (TPSA) is 37.0 Å². The van der Waals surface area contributed by atoms with Gasteiger partial charge in [0, 0.05) is 24.2 Å². The summed E-state index contributed by atoms with van der Waals surface area (Å²) in [5.41, 5.74) is 5.24. The molecule has 4 heteroatoms. The Balaban J connectivity index is 1.32. The SMILES string of the molecule is c1ccc(CNSc2cccc(CNC3CCCc4cccnc43)c2)cc1. The fourth-order valence-electron chi connectivity index (χ4n) is 3.57. The minimum Gasteiger partial charge on any atom is -0.305 e. The highest BCUT2D eigenvalue weighted by Gasteiger charge is 2.20. The third-order valence-electron chi connectivity index (χ3n) is 4.96. The predicted octanol–water partition coefficient (Wildman–Crippen LogP) is 5.05. The number of nitrogens with one attached hydrogen (secondary N) is 2. The van der Waals surface area contributed by atoms with Crippen molar-refractivity contribution in [2.75, 3.05) is 0 Å². The van der Waals surface area contributed by atoms with Crippen LogP contribution in [0.25, 0.3) is 0 Å². The fourth-order valence-corrected chi connectivity index (χ4v) is 4.33. The molecule has 1 aromatic heterocycles. The zero-order valence-electron chi connectivity index (χ0n) is 15.4. The molecule has 0 amide bonds. The van der Waals surface area contributed by atoms with E-state index in [1.807, 2.05) is 18.3 Å². The summed E-state index contributed by atoms with van der Waals surface area (Å²) in [4.78, 5) is 5.87. The maximum Gasteiger partial charge on any atom is 0.0605 e. The van der Waals surface area contributed by atoms with Gasteiger partial charge >= 0.3 is 0 Å². The van der Waals surface area contributed by atoms with Crippen molar-refractivity contribution in [1.82, 2.24) is 15.0 Å². The fraction of sp³-hybridized carbons (Fsp3) is 0.261. The van der Waals surface area contributed by atoms with Crippen molar-refractivity contribution in [2.45, 2.75) is 43.3 Å². The highest BCUT2D eigenvalue weighted by atomic mass is 32.2. The number of fused-ring (bicyclic) bond motifs is 1. The molecule has 1 aliphatic rings.